The van der Waals surface area contributed by atoms with Crippen LogP contribution in [0.15, 0.2) is 0 Å². The number of rotatable bonds is 1. The molecular formula is C7H15NO. The zero-order valence-corrected chi connectivity index (χ0v) is 5.98. The van der Waals surface area contributed by atoms with Crippen molar-refractivity contribution in [2.24, 2.45) is 0 Å². The normalized spacial score (nSPS) is 26.0. The minimum absolute atomic E-state index is 0.0260. The van der Waals surface area contributed by atoms with E-state index in [1.165, 1.54) is 19.3 Å². The van der Waals surface area contributed by atoms with Crippen LogP contribution in [-0.4, -0.2) is 10.7 Å². The number of nitrogens with one attached hydrogen (secondary N) is 1. The van der Waals surface area contributed by atoms with Gasteiger partial charge in [-0.15, -0.1) is 0 Å². The lowest BCUT2D eigenvalue weighted by molar-refractivity contribution is 0.0480. The Morgan fingerprint density at radius 1 is 1.22 bits per heavy atom. The highest BCUT2D eigenvalue weighted by Gasteiger charge is 2.24. The zero-order chi connectivity index (χ0) is 6.74. The van der Waals surface area contributed by atoms with Crippen LogP contribution in [0.2, 0.25) is 0 Å². The summed E-state index contributed by atoms with van der Waals surface area (Å²) in [7, 11) is 0. The van der Waals surface area contributed by atoms with Gasteiger partial charge in [0.05, 0.1) is 0 Å². The standard InChI is InChI=1S/C7H15NO/c1-7(8-9)5-3-2-4-6-7/h8-9H,2-6H2,1H3. The van der Waals surface area contributed by atoms with Crippen molar-refractivity contribution in [3.8, 4) is 0 Å². The van der Waals surface area contributed by atoms with Crippen LogP contribution in [0, 0.1) is 0 Å². The van der Waals surface area contributed by atoms with E-state index in [1.807, 2.05) is 0 Å². The molecule has 0 spiro atoms. The molecule has 0 aromatic heterocycles. The maximum Gasteiger partial charge on any atom is 0.0402 e. The third kappa shape index (κ3) is 1.66. The lowest BCUT2D eigenvalue weighted by Crippen LogP contribution is -2.41. The van der Waals surface area contributed by atoms with Gasteiger partial charge in [0.2, 0.25) is 0 Å². The van der Waals surface area contributed by atoms with Gasteiger partial charge in [-0.25, -0.2) is 0 Å². The van der Waals surface area contributed by atoms with Crippen molar-refractivity contribution in [3.63, 3.8) is 0 Å². The second-order valence-corrected chi connectivity index (χ2v) is 3.23. The molecule has 0 unspecified atom stereocenters. The van der Waals surface area contributed by atoms with Crippen LogP contribution in [0.3, 0.4) is 0 Å². The summed E-state index contributed by atoms with van der Waals surface area (Å²) in [4.78, 5) is 0. The van der Waals surface area contributed by atoms with Gasteiger partial charge in [0, 0.05) is 5.54 Å². The third-order valence-corrected chi connectivity index (χ3v) is 2.23. The van der Waals surface area contributed by atoms with Gasteiger partial charge >= 0.3 is 0 Å². The average molecular weight is 129 g/mol. The molecule has 0 aliphatic heterocycles. The van der Waals surface area contributed by atoms with E-state index >= 15 is 0 Å². The Balaban J connectivity index is 2.37. The molecule has 2 N–H and O–H groups in total. The number of hydrogen-bond acceptors (Lipinski definition) is 2. The monoisotopic (exact) mass is 129 g/mol. The first-order valence-corrected chi connectivity index (χ1v) is 3.68. The van der Waals surface area contributed by atoms with E-state index in [4.69, 9.17) is 5.21 Å². The van der Waals surface area contributed by atoms with Gasteiger partial charge in [-0.3, -0.25) is 0 Å². The maximum atomic E-state index is 8.70. The van der Waals surface area contributed by atoms with Crippen molar-refractivity contribution >= 4 is 0 Å². The lowest BCUT2D eigenvalue weighted by atomic mass is 9.84. The predicted molar refractivity (Wildman–Crippen MR) is 36.4 cm³/mol. The van der Waals surface area contributed by atoms with E-state index in [2.05, 4.69) is 12.4 Å². The van der Waals surface area contributed by atoms with Crippen molar-refractivity contribution in [2.75, 3.05) is 0 Å². The molecule has 0 aromatic rings. The first-order chi connectivity index (χ1) is 4.27. The molecule has 1 saturated carbocycles. The van der Waals surface area contributed by atoms with Gasteiger partial charge in [0.15, 0.2) is 0 Å². The van der Waals surface area contributed by atoms with Crippen molar-refractivity contribution in [2.45, 2.75) is 44.6 Å². The highest BCUT2D eigenvalue weighted by molar-refractivity contribution is 4.82. The average Bonchev–Trinajstić information content (AvgIpc) is 1.90. The zero-order valence-electron chi connectivity index (χ0n) is 5.98. The Morgan fingerprint density at radius 3 is 2.11 bits per heavy atom. The Hall–Kier alpha value is -0.0800. The molecule has 1 rings (SSSR count). The topological polar surface area (TPSA) is 32.3 Å². The van der Waals surface area contributed by atoms with Crippen LogP contribution in [0.25, 0.3) is 0 Å². The van der Waals surface area contributed by atoms with Crippen LogP contribution in [-0.2, 0) is 0 Å². The van der Waals surface area contributed by atoms with Gasteiger partial charge in [0.25, 0.3) is 0 Å². The van der Waals surface area contributed by atoms with Crippen molar-refractivity contribution < 1.29 is 5.21 Å². The Morgan fingerprint density at radius 2 is 1.78 bits per heavy atom. The van der Waals surface area contributed by atoms with E-state index in [9.17, 15) is 0 Å². The molecule has 1 aliphatic rings. The molecule has 1 fully saturated rings. The molecule has 0 aromatic carbocycles. The molecule has 0 amide bonds. The molecule has 9 heavy (non-hydrogen) atoms. The molecule has 2 heteroatoms. The van der Waals surface area contributed by atoms with Crippen molar-refractivity contribution in [3.05, 3.63) is 0 Å². The van der Waals surface area contributed by atoms with Gasteiger partial charge in [-0.2, -0.15) is 5.48 Å². The highest BCUT2D eigenvalue weighted by atomic mass is 16.5. The molecule has 0 bridgehead atoms. The van der Waals surface area contributed by atoms with Gasteiger partial charge in [-0.05, 0) is 19.8 Å². The van der Waals surface area contributed by atoms with Gasteiger partial charge in [0.1, 0.15) is 0 Å². The maximum absolute atomic E-state index is 8.70. The predicted octanol–water partition coefficient (Wildman–Crippen LogP) is 1.69. The highest BCUT2D eigenvalue weighted by Crippen LogP contribution is 2.26. The minimum atomic E-state index is 0.0260. The summed E-state index contributed by atoms with van der Waals surface area (Å²) in [5, 5.41) is 8.70. The Labute approximate surface area is 56.2 Å². The number of hydroxylamine groups is 1. The van der Waals surface area contributed by atoms with E-state index in [0.717, 1.165) is 12.8 Å². The van der Waals surface area contributed by atoms with Crippen molar-refractivity contribution in [1.29, 1.82) is 0 Å². The summed E-state index contributed by atoms with van der Waals surface area (Å²) < 4.78 is 0. The van der Waals surface area contributed by atoms with Crippen LogP contribution in [0.4, 0.5) is 0 Å². The molecule has 0 heterocycles. The van der Waals surface area contributed by atoms with Crippen LogP contribution < -0.4 is 5.48 Å². The molecule has 2 nitrogen and oxygen atoms in total. The molecule has 0 atom stereocenters. The lowest BCUT2D eigenvalue weighted by Gasteiger charge is -2.31. The SMILES string of the molecule is CC1(NO)CCCCC1. The molecule has 1 aliphatic carbocycles. The molecule has 54 valence electrons. The summed E-state index contributed by atoms with van der Waals surface area (Å²) in [6.45, 7) is 2.08. The fraction of sp³-hybridized carbons (Fsp3) is 1.00. The third-order valence-electron chi connectivity index (χ3n) is 2.23. The Kier molecular flexibility index (Phi) is 2.09. The van der Waals surface area contributed by atoms with E-state index in [0.29, 0.717) is 0 Å². The quantitative estimate of drug-likeness (QED) is 0.528. The van der Waals surface area contributed by atoms with Crippen molar-refractivity contribution in [1.82, 2.24) is 5.48 Å². The summed E-state index contributed by atoms with van der Waals surface area (Å²) in [6, 6.07) is 0. The fourth-order valence-electron chi connectivity index (χ4n) is 1.44. The summed E-state index contributed by atoms with van der Waals surface area (Å²) in [6.07, 6.45) is 6.07. The molecule has 0 radical (unpaired) electrons. The van der Waals surface area contributed by atoms with Crippen LogP contribution in [0.5, 0.6) is 0 Å². The van der Waals surface area contributed by atoms with Gasteiger partial charge < -0.3 is 5.21 Å². The van der Waals surface area contributed by atoms with E-state index in [1.54, 1.807) is 0 Å². The largest absolute Gasteiger partial charge is 0.316 e. The molecular weight excluding hydrogens is 114 g/mol. The van der Waals surface area contributed by atoms with E-state index in [-0.39, 0.29) is 5.54 Å². The number of hydrogen-bond donors (Lipinski definition) is 2. The smallest absolute Gasteiger partial charge is 0.0402 e. The van der Waals surface area contributed by atoms with Crippen LogP contribution in [0.1, 0.15) is 39.0 Å². The summed E-state index contributed by atoms with van der Waals surface area (Å²) >= 11 is 0. The Bertz CT molecular complexity index is 86.9. The first-order valence-electron chi connectivity index (χ1n) is 3.68. The second-order valence-electron chi connectivity index (χ2n) is 3.23. The van der Waals surface area contributed by atoms with Crippen LogP contribution >= 0.6 is 0 Å². The second kappa shape index (κ2) is 2.67. The summed E-state index contributed by atoms with van der Waals surface area (Å²) in [5.41, 5.74) is 2.41. The minimum Gasteiger partial charge on any atom is -0.316 e. The van der Waals surface area contributed by atoms with Gasteiger partial charge in [-0.1, -0.05) is 19.3 Å². The van der Waals surface area contributed by atoms with E-state index < -0.39 is 0 Å². The first kappa shape index (κ1) is 7.03. The fourth-order valence-corrected chi connectivity index (χ4v) is 1.44. The molecule has 0 saturated heterocycles. The summed E-state index contributed by atoms with van der Waals surface area (Å²) in [5.74, 6) is 0.